The van der Waals surface area contributed by atoms with E-state index in [4.69, 9.17) is 4.84 Å². The summed E-state index contributed by atoms with van der Waals surface area (Å²) in [6, 6.07) is 28.6. The van der Waals surface area contributed by atoms with Gasteiger partial charge in [0.1, 0.15) is 13.2 Å². The normalized spacial score (nSPS) is 17.8. The molecule has 8 nitrogen and oxygen atoms in total. The number of hydrogen-bond donors (Lipinski definition) is 2. The van der Waals surface area contributed by atoms with E-state index in [1.54, 1.807) is 24.3 Å². The van der Waals surface area contributed by atoms with Gasteiger partial charge in [0.05, 0.1) is 23.3 Å². The molecule has 4 aromatic rings. The Balaban J connectivity index is 1.33. The number of oxime groups is 1. The molecule has 1 fully saturated rings. The molecule has 4 aromatic carbocycles. The molecule has 1 saturated heterocycles. The number of benzene rings is 4. The van der Waals surface area contributed by atoms with Crippen molar-refractivity contribution in [1.82, 2.24) is 9.62 Å². The SMILES string of the molecule is CON=C1C[C@@H](C(=O)NCC(O)c2ccc3ccccc3c2)N(S(=O)(=O)c2ccc(-c3ccccc3)cc2)C1. The van der Waals surface area contributed by atoms with Gasteiger partial charge in [0.2, 0.25) is 15.9 Å². The Kier molecular flexibility index (Phi) is 7.74. The quantitative estimate of drug-likeness (QED) is 0.325. The van der Waals surface area contributed by atoms with E-state index in [1.165, 1.54) is 7.11 Å². The maximum atomic E-state index is 13.6. The van der Waals surface area contributed by atoms with Crippen molar-refractivity contribution in [3.63, 3.8) is 0 Å². The van der Waals surface area contributed by atoms with Crippen LogP contribution >= 0.6 is 0 Å². The number of aliphatic hydroxyl groups is 1. The van der Waals surface area contributed by atoms with Crippen LogP contribution in [0.4, 0.5) is 0 Å². The number of hydrogen-bond acceptors (Lipinski definition) is 6. The molecule has 0 saturated carbocycles. The zero-order valence-corrected chi connectivity index (χ0v) is 22.2. The first-order chi connectivity index (χ1) is 18.9. The summed E-state index contributed by atoms with van der Waals surface area (Å²) in [6.45, 7) is -0.133. The molecule has 0 aromatic heterocycles. The second-order valence-corrected chi connectivity index (χ2v) is 11.3. The molecule has 1 aliphatic heterocycles. The lowest BCUT2D eigenvalue weighted by atomic mass is 10.0. The largest absolute Gasteiger partial charge is 0.399 e. The first kappa shape index (κ1) is 26.6. The van der Waals surface area contributed by atoms with E-state index >= 15 is 0 Å². The molecule has 9 heteroatoms. The van der Waals surface area contributed by atoms with E-state index in [1.807, 2.05) is 72.8 Å². The predicted octanol–water partition coefficient (Wildman–Crippen LogP) is 4.12. The standard InChI is InChI=1S/C30H29N3O5S/c1-38-32-26-18-28(30(35)31-19-29(34)25-12-11-22-9-5-6-10-24(22)17-25)33(20-26)39(36,37)27-15-13-23(14-16-27)21-7-3-2-4-8-21/h2-17,28-29,34H,18-20H2,1H3,(H,31,35)/t28-,29?/m0/s1. The molecule has 1 aliphatic rings. The number of carbonyl (C=O) groups is 1. The maximum Gasteiger partial charge on any atom is 0.244 e. The van der Waals surface area contributed by atoms with Crippen LogP contribution in [0.25, 0.3) is 21.9 Å². The molecule has 1 heterocycles. The lowest BCUT2D eigenvalue weighted by molar-refractivity contribution is -0.124. The molecular formula is C30H29N3O5S. The van der Waals surface area contributed by atoms with Crippen molar-refractivity contribution >= 4 is 32.4 Å². The smallest absolute Gasteiger partial charge is 0.244 e. The van der Waals surface area contributed by atoms with E-state index < -0.39 is 28.1 Å². The number of sulfonamides is 1. The summed E-state index contributed by atoms with van der Waals surface area (Å²) in [5.41, 5.74) is 2.95. The predicted molar refractivity (Wildman–Crippen MR) is 151 cm³/mol. The molecule has 0 bridgehead atoms. The summed E-state index contributed by atoms with van der Waals surface area (Å²) >= 11 is 0. The molecule has 2 atom stereocenters. The zero-order chi connectivity index (χ0) is 27.4. The highest BCUT2D eigenvalue weighted by Gasteiger charge is 2.43. The van der Waals surface area contributed by atoms with Gasteiger partial charge in [-0.05, 0) is 45.7 Å². The van der Waals surface area contributed by atoms with Gasteiger partial charge < -0.3 is 15.3 Å². The molecular weight excluding hydrogens is 514 g/mol. The van der Waals surface area contributed by atoms with Crippen molar-refractivity contribution in [3.05, 3.63) is 103 Å². The number of amides is 1. The molecule has 2 N–H and O–H groups in total. The summed E-state index contributed by atoms with van der Waals surface area (Å²) in [4.78, 5) is 18.2. The van der Waals surface area contributed by atoms with Crippen LogP contribution in [0, 0.1) is 0 Å². The summed E-state index contributed by atoms with van der Waals surface area (Å²) in [6.07, 6.45) is -0.866. The van der Waals surface area contributed by atoms with Crippen LogP contribution in [0.2, 0.25) is 0 Å². The molecule has 0 radical (unpaired) electrons. The fourth-order valence-corrected chi connectivity index (χ4v) is 6.36. The third-order valence-electron chi connectivity index (χ3n) is 6.83. The molecule has 0 aliphatic carbocycles. The van der Waals surface area contributed by atoms with E-state index in [-0.39, 0.29) is 24.4 Å². The number of fused-ring (bicyclic) bond motifs is 1. The summed E-state index contributed by atoms with van der Waals surface area (Å²) in [5.74, 6) is -0.513. The molecule has 200 valence electrons. The zero-order valence-electron chi connectivity index (χ0n) is 21.4. The van der Waals surface area contributed by atoms with Gasteiger partial charge in [-0.1, -0.05) is 84.0 Å². The van der Waals surface area contributed by atoms with Crippen LogP contribution in [-0.2, 0) is 19.7 Å². The second kappa shape index (κ2) is 11.4. The van der Waals surface area contributed by atoms with Crippen LogP contribution in [0.15, 0.2) is 107 Å². The topological polar surface area (TPSA) is 108 Å². The van der Waals surface area contributed by atoms with Gasteiger partial charge >= 0.3 is 0 Å². The fourth-order valence-electron chi connectivity index (χ4n) is 4.78. The number of aliphatic hydroxyl groups excluding tert-OH is 1. The van der Waals surface area contributed by atoms with Gasteiger partial charge in [-0.25, -0.2) is 8.42 Å². The highest BCUT2D eigenvalue weighted by Crippen LogP contribution is 2.28. The molecule has 1 amide bonds. The average Bonchev–Trinajstić information content (AvgIpc) is 3.41. The van der Waals surface area contributed by atoms with Crippen LogP contribution in [0.1, 0.15) is 18.1 Å². The highest BCUT2D eigenvalue weighted by atomic mass is 32.2. The Hall–Kier alpha value is -4.05. The Morgan fingerprint density at radius 1 is 0.974 bits per heavy atom. The first-order valence-electron chi connectivity index (χ1n) is 12.6. The van der Waals surface area contributed by atoms with Gasteiger partial charge in [-0.15, -0.1) is 0 Å². The summed E-state index contributed by atoms with van der Waals surface area (Å²) in [7, 11) is -2.65. The molecule has 39 heavy (non-hydrogen) atoms. The first-order valence-corrected chi connectivity index (χ1v) is 14.0. The number of nitrogens with zero attached hydrogens (tertiary/aromatic N) is 2. The maximum absolute atomic E-state index is 13.6. The average molecular weight is 544 g/mol. The van der Waals surface area contributed by atoms with Crippen LogP contribution < -0.4 is 5.32 Å². The van der Waals surface area contributed by atoms with Crippen molar-refractivity contribution in [3.8, 4) is 11.1 Å². The minimum absolute atomic E-state index is 0.0654. The van der Waals surface area contributed by atoms with Crippen LogP contribution in [0.3, 0.4) is 0 Å². The van der Waals surface area contributed by atoms with Crippen LogP contribution in [0.5, 0.6) is 0 Å². The third kappa shape index (κ3) is 5.70. The Labute approximate surface area is 227 Å². The molecule has 5 rings (SSSR count). The fraction of sp³-hybridized carbons (Fsp3) is 0.200. The Morgan fingerprint density at radius 3 is 2.36 bits per heavy atom. The van der Waals surface area contributed by atoms with E-state index in [9.17, 15) is 18.3 Å². The highest BCUT2D eigenvalue weighted by molar-refractivity contribution is 7.89. The van der Waals surface area contributed by atoms with Gasteiger partial charge in [-0.3, -0.25) is 4.79 Å². The van der Waals surface area contributed by atoms with E-state index in [2.05, 4.69) is 10.5 Å². The van der Waals surface area contributed by atoms with Crippen LogP contribution in [-0.4, -0.2) is 55.7 Å². The van der Waals surface area contributed by atoms with Crippen molar-refractivity contribution in [2.45, 2.75) is 23.5 Å². The number of nitrogens with one attached hydrogen (secondary N) is 1. The van der Waals surface area contributed by atoms with Crippen molar-refractivity contribution in [2.75, 3.05) is 20.2 Å². The molecule has 0 spiro atoms. The summed E-state index contributed by atoms with van der Waals surface area (Å²) < 4.78 is 28.4. The number of rotatable bonds is 8. The lowest BCUT2D eigenvalue weighted by Gasteiger charge is -2.23. The van der Waals surface area contributed by atoms with Gasteiger partial charge in [0.15, 0.2) is 0 Å². The third-order valence-corrected chi connectivity index (χ3v) is 8.70. The van der Waals surface area contributed by atoms with Gasteiger partial charge in [-0.2, -0.15) is 4.31 Å². The monoisotopic (exact) mass is 543 g/mol. The Bertz CT molecular complexity index is 1600. The van der Waals surface area contributed by atoms with Crippen molar-refractivity contribution in [2.24, 2.45) is 5.16 Å². The molecule has 1 unspecified atom stereocenters. The van der Waals surface area contributed by atoms with E-state index in [0.29, 0.717) is 11.3 Å². The minimum Gasteiger partial charge on any atom is -0.399 e. The number of carbonyl (C=O) groups excluding carboxylic acids is 1. The van der Waals surface area contributed by atoms with Crippen molar-refractivity contribution < 1.29 is 23.2 Å². The van der Waals surface area contributed by atoms with Crippen molar-refractivity contribution in [1.29, 1.82) is 0 Å². The second-order valence-electron chi connectivity index (χ2n) is 9.37. The van der Waals surface area contributed by atoms with Gasteiger partial charge in [0, 0.05) is 13.0 Å². The Morgan fingerprint density at radius 2 is 1.64 bits per heavy atom. The summed E-state index contributed by atoms with van der Waals surface area (Å²) in [5, 5.41) is 19.4. The minimum atomic E-state index is -4.02. The van der Waals surface area contributed by atoms with Gasteiger partial charge in [0.25, 0.3) is 0 Å². The lowest BCUT2D eigenvalue weighted by Crippen LogP contribution is -2.46. The van der Waals surface area contributed by atoms with E-state index in [0.717, 1.165) is 26.2 Å².